The summed E-state index contributed by atoms with van der Waals surface area (Å²) in [6, 6.07) is 34.8. The van der Waals surface area contributed by atoms with Gasteiger partial charge in [0.2, 0.25) is 0 Å². The van der Waals surface area contributed by atoms with Crippen molar-refractivity contribution in [2.75, 3.05) is 0 Å². The molecule has 2 aliphatic rings. The van der Waals surface area contributed by atoms with Crippen LogP contribution in [0.5, 0.6) is 46.0 Å². The average molecular weight is 1650 g/mol. The molecule has 7 aromatic rings. The van der Waals surface area contributed by atoms with Crippen LogP contribution in [0, 0.1) is 0 Å². The summed E-state index contributed by atoms with van der Waals surface area (Å²) in [7, 11) is -12.1. The highest BCUT2D eigenvalue weighted by molar-refractivity contribution is 6.59. The van der Waals surface area contributed by atoms with Gasteiger partial charge in [0.1, 0.15) is 46.0 Å². The number of benzene rings is 4. The Morgan fingerprint density at radius 3 is 0.429 bits per heavy atom. The third-order valence-corrected chi connectivity index (χ3v) is 42.5. The number of aromatic amines is 2. The molecule has 0 fully saturated rings. The van der Waals surface area contributed by atoms with Crippen molar-refractivity contribution >= 4 is 119 Å². The maximum Gasteiger partial charge on any atom is 0.286 e. The molecule has 0 saturated carbocycles. The van der Waals surface area contributed by atoms with Gasteiger partial charge in [-0.15, -0.1) is 0 Å². The number of aromatic nitrogens is 4. The minimum atomic E-state index is -1.51. The smallest absolute Gasteiger partial charge is 0.286 e. The van der Waals surface area contributed by atoms with Crippen LogP contribution in [0.2, 0.25) is 88.7 Å². The van der Waals surface area contributed by atoms with E-state index in [0.717, 1.165) is 135 Å². The molecule has 2 N–H and O–H groups in total. The summed E-state index contributed by atoms with van der Waals surface area (Å²) in [6.07, 6.45) is 8.86. The van der Waals surface area contributed by atoms with Crippen LogP contribution in [0.25, 0.3) is 90.9 Å². The fraction of sp³-hybridized carbons (Fsp3) is 0.522. The molecule has 0 saturated heterocycles. The first-order valence-electron chi connectivity index (χ1n) is 41.9. The van der Waals surface area contributed by atoms with E-state index in [4.69, 9.17) is 45.4 Å². The summed E-state index contributed by atoms with van der Waals surface area (Å²) >= 11 is 0. The Hall–Kier alpha value is -6.38. The second-order valence-electron chi connectivity index (χ2n) is 35.5. The Bertz CT molecular complexity index is 3770. The lowest BCUT2D eigenvalue weighted by Crippen LogP contribution is -2.30. The zero-order valence-corrected chi connectivity index (χ0v) is 81.9. The molecule has 0 aliphatic carbocycles. The molecule has 3 aromatic heterocycles. The van der Waals surface area contributed by atoms with Gasteiger partial charge in [-0.3, -0.25) is 0 Å². The molecule has 20 heteroatoms. The van der Waals surface area contributed by atoms with Crippen LogP contribution < -0.4 is 35.4 Å². The van der Waals surface area contributed by atoms with E-state index >= 15 is 0 Å². The first kappa shape index (κ1) is 89.5. The van der Waals surface area contributed by atoms with Gasteiger partial charge < -0.3 is 45.4 Å². The molecule has 5 heterocycles. The zero-order chi connectivity index (χ0) is 82.3. The van der Waals surface area contributed by atoms with Gasteiger partial charge in [-0.1, -0.05) is 246 Å². The second kappa shape index (κ2) is 39.0. The standard InChI is InChI=1S/C92H134N4O8Si8/c1-53(2)105(54(3)4)97-77-37-33-38-78(98-106(55(5)6)56(7)8)89(77)85-69-45-47-71(93-69)86(90-79(99-107(57(9)10)58(11)12)39-34-40-80(90)100-108(59(13)14)60(15)16)73-49-51-75(95-73)88(92-83(103-111(65(25)26)66(27)28)43-36-44-84(92)104-112(67(29)30)68(31)32)76-52-50-74(96-76)87(72-48-46-70(85)94-72)91-81(101-109(61(17)18)62(19)20)41-35-42-82(91)102-110(63(21)22)64(23)24/h33-68,93,96H,1-32H3. The molecule has 8 radical (unpaired) electrons. The average Bonchev–Trinajstić information content (AvgIpc) is 1.57. The number of H-pyrrole nitrogens is 2. The highest BCUT2D eigenvalue weighted by Gasteiger charge is 2.38. The van der Waals surface area contributed by atoms with Crippen LogP contribution in [0.1, 0.15) is 244 Å². The number of fused-ring (bicyclic) bond motifs is 8. The Kier molecular flexibility index (Phi) is 31.2. The minimum absolute atomic E-state index is 0.285. The number of hydrogen-bond donors (Lipinski definition) is 2. The van der Waals surface area contributed by atoms with Gasteiger partial charge in [0.05, 0.1) is 45.0 Å². The lowest BCUT2D eigenvalue weighted by molar-refractivity contribution is 0.517. The number of hydrogen-bond acceptors (Lipinski definition) is 10. The summed E-state index contributed by atoms with van der Waals surface area (Å²) in [4.78, 5) is 20.9. The molecule has 8 bridgehead atoms. The van der Waals surface area contributed by atoms with Crippen LogP contribution in [-0.4, -0.2) is 92.3 Å². The van der Waals surface area contributed by atoms with E-state index in [1.807, 2.05) is 0 Å². The van der Waals surface area contributed by atoms with Crippen molar-refractivity contribution in [3.8, 4) is 90.5 Å². The highest BCUT2D eigenvalue weighted by Crippen LogP contribution is 2.53. The second-order valence-corrected chi connectivity index (χ2v) is 62.1. The van der Waals surface area contributed by atoms with E-state index in [0.29, 0.717) is 0 Å². The van der Waals surface area contributed by atoms with Crippen molar-refractivity contribution < 1.29 is 35.4 Å². The molecule has 0 unspecified atom stereocenters. The first-order chi connectivity index (χ1) is 52.8. The predicted molar refractivity (Wildman–Crippen MR) is 493 cm³/mol. The number of nitrogens with zero attached hydrogens (tertiary/aromatic N) is 2. The van der Waals surface area contributed by atoms with E-state index in [1.165, 1.54) is 0 Å². The Labute approximate surface area is 689 Å². The molecule has 0 spiro atoms. The van der Waals surface area contributed by atoms with Crippen molar-refractivity contribution in [2.24, 2.45) is 0 Å². The van der Waals surface area contributed by atoms with E-state index in [9.17, 15) is 0 Å². The first-order valence-corrected chi connectivity index (χ1v) is 54.4. The molecule has 602 valence electrons. The molecule has 4 aromatic carbocycles. The van der Waals surface area contributed by atoms with Gasteiger partial charge >= 0.3 is 0 Å². The predicted octanol–water partition coefficient (Wildman–Crippen LogP) is 28.8. The molecule has 0 amide bonds. The quantitative estimate of drug-likeness (QED) is 0.0366. The van der Waals surface area contributed by atoms with Crippen LogP contribution in [-0.2, 0) is 0 Å². The largest absolute Gasteiger partial charge is 0.541 e. The van der Waals surface area contributed by atoms with Crippen LogP contribution in [0.4, 0.5) is 0 Å². The summed E-state index contributed by atoms with van der Waals surface area (Å²) in [6.45, 7) is 73.8. The van der Waals surface area contributed by atoms with E-state index in [-0.39, 0.29) is 88.7 Å². The SMILES string of the molecule is CC(C)[Si](Oc1cccc(O[Si](C(C)C)C(C)C)c1-c1c2nc(c(-c3c(O[Si](C(C)C)C(C)C)cccc3O[Si](C(C)C)C(C)C)c3ccc([nH]3)c(-c3c(O[Si](C(C)C)C(C)C)cccc3O[Si](C(C)C)C(C)C)c3nc(c(-c4c(O[Si](C(C)C)C(C)C)cccc4O[Si](C(C)C)C(C)C)c4ccc1[nH]4)C=C3)C=C2)C(C)C. The third kappa shape index (κ3) is 20.7. The third-order valence-electron chi connectivity index (χ3n) is 20.6. The van der Waals surface area contributed by atoms with Gasteiger partial charge in [-0.2, -0.15) is 0 Å². The van der Waals surface area contributed by atoms with E-state index in [1.54, 1.807) is 0 Å². The summed E-state index contributed by atoms with van der Waals surface area (Å²) in [5, 5.41) is 0. The fourth-order valence-electron chi connectivity index (χ4n) is 16.2. The summed E-state index contributed by atoms with van der Waals surface area (Å²) in [5.74, 6) is 6.15. The van der Waals surface area contributed by atoms with Crippen LogP contribution in [0.3, 0.4) is 0 Å². The van der Waals surface area contributed by atoms with Gasteiger partial charge in [0.25, 0.3) is 72.3 Å². The van der Waals surface area contributed by atoms with Crippen molar-refractivity contribution in [1.82, 2.24) is 19.9 Å². The fourth-order valence-corrected chi connectivity index (χ4v) is 34.0. The van der Waals surface area contributed by atoms with E-state index < -0.39 is 72.3 Å². The number of rotatable bonds is 36. The van der Waals surface area contributed by atoms with Crippen molar-refractivity contribution in [3.05, 3.63) is 120 Å². The zero-order valence-electron chi connectivity index (χ0n) is 73.9. The normalized spacial score (nSPS) is 13.1. The van der Waals surface area contributed by atoms with Gasteiger partial charge in [0, 0.05) is 44.3 Å². The lowest BCUT2D eigenvalue weighted by Gasteiger charge is -2.29. The maximum atomic E-state index is 7.71. The Morgan fingerprint density at radius 2 is 0.312 bits per heavy atom. The maximum absolute atomic E-state index is 7.71. The minimum Gasteiger partial charge on any atom is -0.541 e. The van der Waals surface area contributed by atoms with Crippen molar-refractivity contribution in [3.63, 3.8) is 0 Å². The summed E-state index contributed by atoms with van der Waals surface area (Å²) in [5.41, 5.74) is 17.6. The Morgan fingerprint density at radius 1 is 0.188 bits per heavy atom. The monoisotopic (exact) mass is 1650 g/mol. The molecule has 12 nitrogen and oxygen atoms in total. The molecule has 112 heavy (non-hydrogen) atoms. The molecule has 2 aliphatic heterocycles. The lowest BCUT2D eigenvalue weighted by atomic mass is 10.0. The molecular weight excluding hydrogens is 1510 g/mol. The van der Waals surface area contributed by atoms with Gasteiger partial charge in [-0.05, 0) is 186 Å². The topological polar surface area (TPSA) is 131 Å². The van der Waals surface area contributed by atoms with Crippen molar-refractivity contribution in [2.45, 2.75) is 310 Å². The van der Waals surface area contributed by atoms with Crippen molar-refractivity contribution in [1.29, 1.82) is 0 Å². The highest BCUT2D eigenvalue weighted by atomic mass is 28.3. The summed E-state index contributed by atoms with van der Waals surface area (Å²) < 4.78 is 61.7. The van der Waals surface area contributed by atoms with Gasteiger partial charge in [-0.25, -0.2) is 9.97 Å². The van der Waals surface area contributed by atoms with E-state index in [2.05, 4.69) is 353 Å². The Balaban J connectivity index is 1.67. The van der Waals surface area contributed by atoms with Gasteiger partial charge in [0.15, 0.2) is 0 Å². The van der Waals surface area contributed by atoms with Crippen LogP contribution in [0.15, 0.2) is 97.1 Å². The molecule has 0 atom stereocenters. The molecule has 9 rings (SSSR count). The van der Waals surface area contributed by atoms with Crippen LogP contribution >= 0.6 is 0 Å². The number of nitrogens with one attached hydrogen (secondary N) is 2. The molecular formula is C92H134N4O8Si8.